The number of amides is 1. The molecule has 1 saturated heterocycles. The van der Waals surface area contributed by atoms with Crippen LogP contribution < -0.4 is 0 Å². The van der Waals surface area contributed by atoms with Crippen LogP contribution in [-0.4, -0.2) is 44.3 Å². The van der Waals surface area contributed by atoms with Gasteiger partial charge in [0.1, 0.15) is 5.82 Å². The normalized spacial score (nSPS) is 17.0. The van der Waals surface area contributed by atoms with Crippen LogP contribution >= 0.6 is 11.6 Å². The third kappa shape index (κ3) is 3.92. The summed E-state index contributed by atoms with van der Waals surface area (Å²) in [5.74, 6) is 1.02. The van der Waals surface area contributed by atoms with Gasteiger partial charge in [0.15, 0.2) is 11.4 Å². The second kappa shape index (κ2) is 8.10. The summed E-state index contributed by atoms with van der Waals surface area (Å²) in [6.45, 7) is 1.34. The first-order valence-corrected chi connectivity index (χ1v) is 9.86. The van der Waals surface area contributed by atoms with E-state index in [1.165, 1.54) is 0 Å². The number of fused-ring (bicyclic) bond motifs is 1. The van der Waals surface area contributed by atoms with Crippen molar-refractivity contribution in [3.05, 3.63) is 65.1 Å². The number of likely N-dealkylation sites (tertiary alicyclic amines) is 1. The van der Waals surface area contributed by atoms with Gasteiger partial charge in [0.05, 0.1) is 0 Å². The minimum absolute atomic E-state index is 0.0147. The largest absolute Gasteiger partial charge is 0.342 e. The van der Waals surface area contributed by atoms with Crippen molar-refractivity contribution in [2.75, 3.05) is 13.1 Å². The van der Waals surface area contributed by atoms with Gasteiger partial charge in [-0.3, -0.25) is 14.0 Å². The number of hydrogen-bond donors (Lipinski definition) is 0. The van der Waals surface area contributed by atoms with Crippen LogP contribution in [0.2, 0.25) is 5.02 Å². The van der Waals surface area contributed by atoms with E-state index in [9.17, 15) is 9.59 Å². The van der Waals surface area contributed by atoms with Gasteiger partial charge in [-0.25, -0.2) is 0 Å². The molecule has 4 rings (SSSR count). The maximum Gasteiger partial charge on any atom is 0.223 e. The zero-order valence-corrected chi connectivity index (χ0v) is 16.2. The highest BCUT2D eigenvalue weighted by Gasteiger charge is 2.28. The number of hydrogen-bond acceptors (Lipinski definition) is 4. The van der Waals surface area contributed by atoms with Crippen molar-refractivity contribution >= 4 is 28.9 Å². The molecule has 1 aliphatic heterocycles. The molecular weight excluding hydrogens is 376 g/mol. The van der Waals surface area contributed by atoms with Crippen LogP contribution in [0.3, 0.4) is 0 Å². The number of pyridine rings is 1. The quantitative estimate of drug-likeness (QED) is 0.616. The molecule has 0 bridgehead atoms. The van der Waals surface area contributed by atoms with Crippen molar-refractivity contribution in [1.82, 2.24) is 19.5 Å². The Balaban J connectivity index is 1.38. The highest BCUT2D eigenvalue weighted by molar-refractivity contribution is 6.30. The molecule has 0 unspecified atom stereocenters. The number of carbonyl (C=O) groups excluding carboxylic acids is 2. The Morgan fingerprint density at radius 1 is 1.07 bits per heavy atom. The Kier molecular flexibility index (Phi) is 5.39. The van der Waals surface area contributed by atoms with Crippen molar-refractivity contribution in [3.63, 3.8) is 0 Å². The Morgan fingerprint density at radius 3 is 2.71 bits per heavy atom. The second-order valence-electron chi connectivity index (χ2n) is 7.10. The average Bonchev–Trinajstić information content (AvgIpc) is 3.16. The maximum absolute atomic E-state index is 12.7. The Morgan fingerprint density at radius 2 is 1.89 bits per heavy atom. The minimum Gasteiger partial charge on any atom is -0.342 e. The summed E-state index contributed by atoms with van der Waals surface area (Å²) < 4.78 is 1.99. The fourth-order valence-corrected chi connectivity index (χ4v) is 3.84. The van der Waals surface area contributed by atoms with E-state index in [0.29, 0.717) is 17.1 Å². The number of halogens is 1. The van der Waals surface area contributed by atoms with Crippen LogP contribution in [0.25, 0.3) is 5.65 Å². The fraction of sp³-hybridized carbons (Fsp3) is 0.333. The molecule has 1 amide bonds. The zero-order chi connectivity index (χ0) is 19.5. The van der Waals surface area contributed by atoms with Crippen molar-refractivity contribution in [3.8, 4) is 0 Å². The summed E-state index contributed by atoms with van der Waals surface area (Å²) >= 11 is 5.85. The van der Waals surface area contributed by atoms with Crippen LogP contribution in [0.5, 0.6) is 0 Å². The van der Waals surface area contributed by atoms with Gasteiger partial charge >= 0.3 is 0 Å². The molecule has 1 aliphatic rings. The lowest BCUT2D eigenvalue weighted by Gasteiger charge is -2.32. The van der Waals surface area contributed by atoms with Crippen LogP contribution in [0.15, 0.2) is 48.7 Å². The molecule has 28 heavy (non-hydrogen) atoms. The van der Waals surface area contributed by atoms with E-state index >= 15 is 0 Å². The number of carbonyl (C=O) groups is 2. The molecule has 3 aromatic rings. The van der Waals surface area contributed by atoms with Crippen molar-refractivity contribution in [2.24, 2.45) is 0 Å². The predicted molar refractivity (Wildman–Crippen MR) is 107 cm³/mol. The number of Topliss-reactive ketones (excluding diaryl/α,β-unsaturated/α-hetero) is 1. The predicted octanol–water partition coefficient (Wildman–Crippen LogP) is 3.75. The highest BCUT2D eigenvalue weighted by Crippen LogP contribution is 2.26. The van der Waals surface area contributed by atoms with Crippen LogP contribution in [-0.2, 0) is 4.79 Å². The molecule has 0 N–H and O–H groups in total. The van der Waals surface area contributed by atoms with Gasteiger partial charge in [0.25, 0.3) is 0 Å². The molecule has 1 fully saturated rings. The summed E-state index contributed by atoms with van der Waals surface area (Å²) in [5, 5.41) is 9.15. The Bertz CT molecular complexity index is 999. The van der Waals surface area contributed by atoms with Gasteiger partial charge < -0.3 is 4.90 Å². The number of benzene rings is 1. The lowest BCUT2D eigenvalue weighted by atomic mass is 9.96. The summed E-state index contributed by atoms with van der Waals surface area (Å²) in [7, 11) is 0. The fourth-order valence-electron chi connectivity index (χ4n) is 3.71. The van der Waals surface area contributed by atoms with Gasteiger partial charge in [0.2, 0.25) is 5.91 Å². The molecule has 0 saturated carbocycles. The summed E-state index contributed by atoms with van der Waals surface area (Å²) in [5.41, 5.74) is 1.40. The molecule has 6 nitrogen and oxygen atoms in total. The van der Waals surface area contributed by atoms with Gasteiger partial charge in [-0.05, 0) is 49.2 Å². The number of nitrogens with zero attached hydrogens (tertiary/aromatic N) is 4. The van der Waals surface area contributed by atoms with Crippen LogP contribution in [0, 0.1) is 0 Å². The molecule has 0 radical (unpaired) electrons. The van der Waals surface area contributed by atoms with E-state index in [0.717, 1.165) is 30.9 Å². The molecule has 144 valence electrons. The summed E-state index contributed by atoms with van der Waals surface area (Å²) in [6, 6.07) is 12.6. The number of rotatable bonds is 5. The molecular formula is C21H21ClN4O2. The SMILES string of the molecule is O=C(CCC(=O)N1CCC[C@@H](c2nnc3ccccn23)C1)c1ccc(Cl)cc1. The molecule has 2 aromatic heterocycles. The standard InChI is InChI=1S/C21H21ClN4O2/c22-17-8-6-15(7-9-17)18(27)10-11-20(28)25-12-3-4-16(14-25)21-24-23-19-5-1-2-13-26(19)21/h1-2,5-9,13,16H,3-4,10-12,14H2/t16-/m1/s1. The zero-order valence-electron chi connectivity index (χ0n) is 15.4. The summed E-state index contributed by atoms with van der Waals surface area (Å²) in [4.78, 5) is 26.8. The third-order valence-corrected chi connectivity index (χ3v) is 5.46. The van der Waals surface area contributed by atoms with E-state index in [1.807, 2.05) is 33.7 Å². The van der Waals surface area contributed by atoms with E-state index < -0.39 is 0 Å². The van der Waals surface area contributed by atoms with E-state index in [1.54, 1.807) is 24.3 Å². The lowest BCUT2D eigenvalue weighted by molar-refractivity contribution is -0.132. The molecule has 1 atom stereocenters. The highest BCUT2D eigenvalue weighted by atomic mass is 35.5. The van der Waals surface area contributed by atoms with Crippen molar-refractivity contribution < 1.29 is 9.59 Å². The molecule has 3 heterocycles. The lowest BCUT2D eigenvalue weighted by Crippen LogP contribution is -2.39. The molecule has 7 heteroatoms. The van der Waals surface area contributed by atoms with Gasteiger partial charge in [-0.15, -0.1) is 10.2 Å². The Hall–Kier alpha value is -2.73. The molecule has 0 spiro atoms. The summed E-state index contributed by atoms with van der Waals surface area (Å²) in [6.07, 6.45) is 4.27. The first-order valence-electron chi connectivity index (χ1n) is 9.48. The average molecular weight is 397 g/mol. The van der Waals surface area contributed by atoms with Crippen LogP contribution in [0.1, 0.15) is 47.8 Å². The monoisotopic (exact) mass is 396 g/mol. The molecule has 0 aliphatic carbocycles. The van der Waals surface area contributed by atoms with E-state index in [4.69, 9.17) is 11.6 Å². The van der Waals surface area contributed by atoms with E-state index in [-0.39, 0.29) is 30.4 Å². The number of aromatic nitrogens is 3. The van der Waals surface area contributed by atoms with Crippen molar-refractivity contribution in [2.45, 2.75) is 31.6 Å². The first-order chi connectivity index (χ1) is 13.6. The van der Waals surface area contributed by atoms with Crippen molar-refractivity contribution in [1.29, 1.82) is 0 Å². The van der Waals surface area contributed by atoms with Gasteiger partial charge in [0, 0.05) is 48.6 Å². The maximum atomic E-state index is 12.7. The smallest absolute Gasteiger partial charge is 0.223 e. The third-order valence-electron chi connectivity index (χ3n) is 5.21. The topological polar surface area (TPSA) is 67.6 Å². The second-order valence-corrected chi connectivity index (χ2v) is 7.53. The minimum atomic E-state index is -0.0398. The number of piperidine rings is 1. The number of ketones is 1. The van der Waals surface area contributed by atoms with Crippen LogP contribution in [0.4, 0.5) is 0 Å². The van der Waals surface area contributed by atoms with Gasteiger partial charge in [-0.2, -0.15) is 0 Å². The first kappa shape index (κ1) is 18.6. The van der Waals surface area contributed by atoms with E-state index in [2.05, 4.69) is 10.2 Å². The Labute approximate surface area is 168 Å². The molecule has 1 aromatic carbocycles. The van der Waals surface area contributed by atoms with Gasteiger partial charge in [-0.1, -0.05) is 17.7 Å².